The van der Waals surface area contributed by atoms with Crippen molar-refractivity contribution in [1.29, 1.82) is 0 Å². The van der Waals surface area contributed by atoms with Gasteiger partial charge < -0.3 is 5.11 Å². The van der Waals surface area contributed by atoms with Crippen molar-refractivity contribution in [2.24, 2.45) is 5.92 Å². The molecule has 0 amide bonds. The van der Waals surface area contributed by atoms with Crippen LogP contribution in [0.15, 0.2) is 22.7 Å². The summed E-state index contributed by atoms with van der Waals surface area (Å²) in [4.78, 5) is 0. The van der Waals surface area contributed by atoms with Gasteiger partial charge in [0.15, 0.2) is 0 Å². The number of benzene rings is 1. The second kappa shape index (κ2) is 6.62. The highest BCUT2D eigenvalue weighted by atomic mass is 127. The minimum absolute atomic E-state index is 0.0197. The number of hydrogen-bond acceptors (Lipinski definition) is 3. The molecule has 1 aliphatic carbocycles. The highest BCUT2D eigenvalue weighted by Gasteiger charge is 2.33. The lowest BCUT2D eigenvalue weighted by atomic mass is 9.82. The van der Waals surface area contributed by atoms with Crippen LogP contribution in [0.25, 0.3) is 0 Å². The molecule has 1 aromatic rings. The maximum Gasteiger partial charge on any atom is 0.150 e. The first-order valence-corrected chi connectivity index (χ1v) is 10.4. The molecule has 1 aromatic carbocycles. The van der Waals surface area contributed by atoms with Crippen molar-refractivity contribution >= 4 is 48.4 Å². The van der Waals surface area contributed by atoms with Crippen LogP contribution in [0, 0.1) is 9.49 Å². The molecular formula is C14H18BrIO3S. The number of hydrogen-bond donors (Lipinski definition) is 1. The van der Waals surface area contributed by atoms with Gasteiger partial charge in [0.2, 0.25) is 0 Å². The molecule has 2 rings (SSSR count). The molecule has 0 saturated heterocycles. The first-order chi connectivity index (χ1) is 9.29. The summed E-state index contributed by atoms with van der Waals surface area (Å²) in [5.74, 6) is 0.0197. The van der Waals surface area contributed by atoms with Crippen LogP contribution in [-0.2, 0) is 9.84 Å². The third kappa shape index (κ3) is 3.96. The normalized spacial score (nSPS) is 25.4. The van der Waals surface area contributed by atoms with Crippen LogP contribution >= 0.6 is 38.5 Å². The van der Waals surface area contributed by atoms with E-state index in [9.17, 15) is 13.5 Å². The Bertz CT molecular complexity index is 588. The van der Waals surface area contributed by atoms with Crippen LogP contribution in [0.2, 0.25) is 0 Å². The molecule has 1 saturated carbocycles. The van der Waals surface area contributed by atoms with Gasteiger partial charge in [0, 0.05) is 14.3 Å². The second-order valence-corrected chi connectivity index (χ2v) is 9.89. The van der Waals surface area contributed by atoms with Crippen LogP contribution in [0.3, 0.4) is 0 Å². The lowest BCUT2D eigenvalue weighted by molar-refractivity contribution is 0.0850. The monoisotopic (exact) mass is 472 g/mol. The summed E-state index contributed by atoms with van der Waals surface area (Å²) in [6, 6.07) is 5.83. The summed E-state index contributed by atoms with van der Waals surface area (Å²) >= 11 is 5.63. The Morgan fingerprint density at radius 1 is 1.40 bits per heavy atom. The van der Waals surface area contributed by atoms with Gasteiger partial charge in [-0.15, -0.1) is 0 Å². The molecule has 20 heavy (non-hydrogen) atoms. The molecule has 0 spiro atoms. The molecule has 1 N–H and O–H groups in total. The van der Waals surface area contributed by atoms with Crippen molar-refractivity contribution < 1.29 is 13.5 Å². The highest BCUT2D eigenvalue weighted by molar-refractivity contribution is 14.1. The van der Waals surface area contributed by atoms with Gasteiger partial charge in [-0.3, -0.25) is 0 Å². The number of aliphatic hydroxyl groups excluding tert-OH is 1. The van der Waals surface area contributed by atoms with Crippen molar-refractivity contribution in [3.63, 3.8) is 0 Å². The van der Waals surface area contributed by atoms with Crippen LogP contribution in [-0.4, -0.2) is 25.0 Å². The van der Waals surface area contributed by atoms with E-state index >= 15 is 0 Å². The van der Waals surface area contributed by atoms with Crippen molar-refractivity contribution in [3.05, 3.63) is 31.8 Å². The van der Waals surface area contributed by atoms with Gasteiger partial charge in [0.05, 0.1) is 11.4 Å². The SMILES string of the molecule is CS(=O)(=O)C1CCCC(C(O)c2cc(Br)ccc2I)C1. The minimum Gasteiger partial charge on any atom is -0.388 e. The molecule has 0 heterocycles. The molecule has 0 bridgehead atoms. The average Bonchev–Trinajstić information content (AvgIpc) is 2.40. The molecule has 112 valence electrons. The first-order valence-electron chi connectivity index (χ1n) is 6.61. The number of halogens is 2. The van der Waals surface area contributed by atoms with E-state index in [0.29, 0.717) is 6.42 Å². The Labute approximate surface area is 142 Å². The second-order valence-electron chi connectivity index (χ2n) is 5.49. The summed E-state index contributed by atoms with van der Waals surface area (Å²) in [5.41, 5.74) is 0.888. The van der Waals surface area contributed by atoms with Crippen LogP contribution in [0.1, 0.15) is 37.4 Å². The van der Waals surface area contributed by atoms with Gasteiger partial charge in [0.25, 0.3) is 0 Å². The number of aliphatic hydroxyl groups is 1. The maximum atomic E-state index is 11.7. The van der Waals surface area contributed by atoms with Gasteiger partial charge >= 0.3 is 0 Å². The van der Waals surface area contributed by atoms with E-state index in [1.165, 1.54) is 6.26 Å². The fourth-order valence-corrected chi connectivity index (χ4v) is 5.08. The van der Waals surface area contributed by atoms with E-state index < -0.39 is 15.9 Å². The smallest absolute Gasteiger partial charge is 0.150 e. The topological polar surface area (TPSA) is 54.4 Å². The van der Waals surface area contributed by atoms with E-state index in [1.54, 1.807) is 0 Å². The molecule has 3 atom stereocenters. The zero-order chi connectivity index (χ0) is 14.9. The summed E-state index contributed by atoms with van der Waals surface area (Å²) in [5, 5.41) is 10.3. The quantitative estimate of drug-likeness (QED) is 0.682. The molecule has 0 radical (unpaired) electrons. The standard InChI is InChI=1S/C14H18BrIO3S/c1-20(18,19)11-4-2-3-9(7-11)14(17)12-8-10(15)5-6-13(12)16/h5-6,8-9,11,14,17H,2-4,7H2,1H3. The van der Waals surface area contributed by atoms with Crippen LogP contribution < -0.4 is 0 Å². The van der Waals surface area contributed by atoms with Gasteiger partial charge in [-0.25, -0.2) is 8.42 Å². The van der Waals surface area contributed by atoms with Crippen molar-refractivity contribution in [1.82, 2.24) is 0 Å². The largest absolute Gasteiger partial charge is 0.388 e. The lowest BCUT2D eigenvalue weighted by Gasteiger charge is -2.31. The number of sulfone groups is 1. The Hall–Kier alpha value is 0.340. The molecular weight excluding hydrogens is 455 g/mol. The molecule has 3 nitrogen and oxygen atoms in total. The van der Waals surface area contributed by atoms with Crippen molar-refractivity contribution in [2.75, 3.05) is 6.26 Å². The Balaban J connectivity index is 2.20. The van der Waals surface area contributed by atoms with E-state index in [1.807, 2.05) is 18.2 Å². The zero-order valence-electron chi connectivity index (χ0n) is 11.2. The van der Waals surface area contributed by atoms with Crippen LogP contribution in [0.5, 0.6) is 0 Å². The lowest BCUT2D eigenvalue weighted by Crippen LogP contribution is -2.30. The first kappa shape index (κ1) is 16.7. The molecule has 1 aliphatic rings. The third-order valence-electron chi connectivity index (χ3n) is 4.00. The van der Waals surface area contributed by atoms with E-state index in [4.69, 9.17) is 0 Å². The van der Waals surface area contributed by atoms with Gasteiger partial charge in [-0.1, -0.05) is 22.4 Å². The Morgan fingerprint density at radius 2 is 2.10 bits per heavy atom. The fourth-order valence-electron chi connectivity index (χ4n) is 2.85. The highest BCUT2D eigenvalue weighted by Crippen LogP contribution is 2.38. The zero-order valence-corrected chi connectivity index (χ0v) is 15.8. The summed E-state index contributed by atoms with van der Waals surface area (Å²) < 4.78 is 25.4. The van der Waals surface area contributed by atoms with Gasteiger partial charge in [-0.2, -0.15) is 0 Å². The van der Waals surface area contributed by atoms with Crippen molar-refractivity contribution in [3.8, 4) is 0 Å². The molecule has 0 aliphatic heterocycles. The fraction of sp³-hybridized carbons (Fsp3) is 0.571. The Morgan fingerprint density at radius 3 is 2.75 bits per heavy atom. The third-order valence-corrected chi connectivity index (χ3v) is 7.11. The molecule has 3 unspecified atom stereocenters. The molecule has 1 fully saturated rings. The number of rotatable bonds is 3. The van der Waals surface area contributed by atoms with Gasteiger partial charge in [-0.05, 0) is 71.5 Å². The van der Waals surface area contributed by atoms with E-state index in [-0.39, 0.29) is 11.2 Å². The average molecular weight is 473 g/mol. The van der Waals surface area contributed by atoms with Gasteiger partial charge in [0.1, 0.15) is 9.84 Å². The molecule has 6 heteroatoms. The summed E-state index contributed by atoms with van der Waals surface area (Å²) in [7, 11) is -3.02. The van der Waals surface area contributed by atoms with Crippen LogP contribution in [0.4, 0.5) is 0 Å². The maximum absolute atomic E-state index is 11.7. The molecule has 0 aromatic heterocycles. The Kier molecular flexibility index (Phi) is 5.53. The van der Waals surface area contributed by atoms with Crippen molar-refractivity contribution in [2.45, 2.75) is 37.0 Å². The summed E-state index contributed by atoms with van der Waals surface area (Å²) in [6.45, 7) is 0. The summed E-state index contributed by atoms with van der Waals surface area (Å²) in [6.07, 6.45) is 3.74. The predicted molar refractivity (Wildman–Crippen MR) is 92.4 cm³/mol. The minimum atomic E-state index is -3.02. The van der Waals surface area contributed by atoms with E-state index in [2.05, 4.69) is 38.5 Å². The predicted octanol–water partition coefficient (Wildman–Crippen LogP) is 3.69. The van der Waals surface area contributed by atoms with E-state index in [0.717, 1.165) is 32.9 Å².